The van der Waals surface area contributed by atoms with E-state index in [0.717, 1.165) is 11.5 Å². The minimum atomic E-state index is -1.40. The van der Waals surface area contributed by atoms with E-state index < -0.39 is 54.0 Å². The maximum absolute atomic E-state index is 13.9. The van der Waals surface area contributed by atoms with Gasteiger partial charge in [-0.25, -0.2) is 19.2 Å². The molecule has 4 aromatic carbocycles. The summed E-state index contributed by atoms with van der Waals surface area (Å²) < 4.78 is 24.4. The van der Waals surface area contributed by atoms with Gasteiger partial charge in [0, 0.05) is 0 Å². The van der Waals surface area contributed by atoms with Gasteiger partial charge in [0.25, 0.3) is 0 Å². The van der Waals surface area contributed by atoms with E-state index in [4.69, 9.17) is 18.9 Å². The zero-order chi connectivity index (χ0) is 36.4. The quantitative estimate of drug-likeness (QED) is 0.0524. The molecule has 0 aliphatic rings. The molecule has 0 spiro atoms. The second-order valence-corrected chi connectivity index (χ2v) is 15.5. The maximum Gasteiger partial charge on any atom is 0.338 e. The van der Waals surface area contributed by atoms with E-state index in [1.165, 1.54) is 0 Å². The molecule has 11 heteroatoms. The molecule has 0 aromatic heterocycles. The first-order valence-corrected chi connectivity index (χ1v) is 19.9. The van der Waals surface area contributed by atoms with Gasteiger partial charge in [-0.1, -0.05) is 93.6 Å². The second-order valence-electron chi connectivity index (χ2n) is 10.9. The van der Waals surface area contributed by atoms with Crippen molar-refractivity contribution in [1.82, 2.24) is 0 Å². The van der Waals surface area contributed by atoms with E-state index in [1.54, 1.807) is 157 Å². The Morgan fingerprint density at radius 1 is 0.471 bits per heavy atom. The highest BCUT2D eigenvalue weighted by Crippen LogP contribution is 2.39. The van der Waals surface area contributed by atoms with Crippen molar-refractivity contribution in [3.8, 4) is 0 Å². The molecule has 8 nitrogen and oxygen atoms in total. The molecule has 0 amide bonds. The minimum Gasteiger partial charge on any atom is -0.458 e. The molecule has 0 N–H and O–H groups in total. The molecule has 4 rings (SSSR count). The zero-order valence-electron chi connectivity index (χ0n) is 28.8. The normalized spacial score (nSPS) is 13.3. The van der Waals surface area contributed by atoms with Gasteiger partial charge < -0.3 is 18.9 Å². The lowest BCUT2D eigenvalue weighted by molar-refractivity contribution is -0.101. The monoisotopic (exact) mass is 746 g/mol. The van der Waals surface area contributed by atoms with Crippen molar-refractivity contribution < 1.29 is 38.1 Å². The molecule has 0 aliphatic carbocycles. The summed E-state index contributed by atoms with van der Waals surface area (Å²) in [4.78, 5) is 54.8. The van der Waals surface area contributed by atoms with Crippen LogP contribution in [-0.2, 0) is 18.9 Å². The Labute approximate surface area is 312 Å². The van der Waals surface area contributed by atoms with Crippen LogP contribution in [0.1, 0.15) is 62.2 Å². The van der Waals surface area contributed by atoms with Gasteiger partial charge in [-0.05, 0) is 65.8 Å². The van der Waals surface area contributed by atoms with Crippen LogP contribution in [0, 0.1) is 0 Å². The van der Waals surface area contributed by atoms with Gasteiger partial charge in [0.2, 0.25) is 0 Å². The molecular formula is C40H42O8S3. The Balaban J connectivity index is 1.86. The van der Waals surface area contributed by atoms with Crippen molar-refractivity contribution in [1.29, 1.82) is 0 Å². The Kier molecular flexibility index (Phi) is 16.5. The van der Waals surface area contributed by atoms with Crippen LogP contribution in [0.3, 0.4) is 0 Å². The largest absolute Gasteiger partial charge is 0.458 e. The predicted octanol–water partition coefficient (Wildman–Crippen LogP) is 8.47. The van der Waals surface area contributed by atoms with Crippen LogP contribution in [0.4, 0.5) is 0 Å². The molecule has 0 aliphatic heterocycles. The van der Waals surface area contributed by atoms with E-state index >= 15 is 0 Å². The Hall–Kier alpha value is -4.19. The number of thioether (sulfide) groups is 3. The molecule has 0 saturated carbocycles. The van der Waals surface area contributed by atoms with Gasteiger partial charge in [-0.2, -0.15) is 11.8 Å². The lowest BCUT2D eigenvalue weighted by Crippen LogP contribution is -2.53. The highest BCUT2D eigenvalue weighted by molar-refractivity contribution is 8.18. The van der Waals surface area contributed by atoms with Gasteiger partial charge in [-0.3, -0.25) is 0 Å². The molecule has 0 radical (unpaired) electrons. The van der Waals surface area contributed by atoms with Crippen molar-refractivity contribution in [3.05, 3.63) is 144 Å². The molecule has 4 unspecified atom stereocenters. The smallest absolute Gasteiger partial charge is 0.338 e. The third kappa shape index (κ3) is 11.9. The third-order valence-electron chi connectivity index (χ3n) is 7.46. The number of hydrogen-bond acceptors (Lipinski definition) is 11. The van der Waals surface area contributed by atoms with Crippen molar-refractivity contribution >= 4 is 59.2 Å². The highest BCUT2D eigenvalue weighted by Gasteiger charge is 2.46. The van der Waals surface area contributed by atoms with E-state index in [-0.39, 0.29) is 21.3 Å². The highest BCUT2D eigenvalue weighted by atomic mass is 32.2. The van der Waals surface area contributed by atoms with Crippen LogP contribution < -0.4 is 0 Å². The summed E-state index contributed by atoms with van der Waals surface area (Å²) in [5.41, 5.74) is 1.07. The van der Waals surface area contributed by atoms with Gasteiger partial charge in [0.15, 0.2) is 18.3 Å². The average Bonchev–Trinajstić information content (AvgIpc) is 3.18. The van der Waals surface area contributed by atoms with E-state index in [2.05, 4.69) is 0 Å². The summed E-state index contributed by atoms with van der Waals surface area (Å²) in [7, 11) is 0. The molecule has 4 aromatic rings. The molecule has 0 fully saturated rings. The SMILES string of the molecule is CCSC(SCC)C(SCC)C(OC(=O)c1ccccc1)C(OC(=O)c1ccccc1)C(COC(=O)c1ccccc1)OC(=O)c1ccccc1. The summed E-state index contributed by atoms with van der Waals surface area (Å²) in [5.74, 6) is -0.568. The Bertz CT molecular complexity index is 1650. The first-order chi connectivity index (χ1) is 24.9. The van der Waals surface area contributed by atoms with E-state index in [1.807, 2.05) is 20.8 Å². The summed E-state index contributed by atoms with van der Waals surface area (Å²) in [6.45, 7) is 5.60. The summed E-state index contributed by atoms with van der Waals surface area (Å²) in [6, 6.07) is 33.6. The standard InChI is InChI=1S/C40H42O8S3/c1-4-49-35(40(50-5-2)51-6-3)34(48-39(44)31-25-17-10-18-26-31)33(47-38(43)30-23-15-9-16-24-30)32(46-37(42)29-21-13-8-14-22-29)27-45-36(41)28-19-11-7-12-20-28/h7-26,32-35,40H,4-6,27H2,1-3H3. The van der Waals surface area contributed by atoms with Crippen molar-refractivity contribution in [3.63, 3.8) is 0 Å². The number of ether oxygens (including phenoxy) is 4. The predicted molar refractivity (Wildman–Crippen MR) is 206 cm³/mol. The molecule has 51 heavy (non-hydrogen) atoms. The van der Waals surface area contributed by atoms with Gasteiger partial charge >= 0.3 is 23.9 Å². The number of hydrogen-bond donors (Lipinski definition) is 0. The molecule has 0 heterocycles. The fourth-order valence-corrected chi connectivity index (χ4v) is 9.52. The summed E-state index contributed by atoms with van der Waals surface area (Å²) >= 11 is 4.93. The number of benzene rings is 4. The minimum absolute atomic E-state index is 0.117. The van der Waals surface area contributed by atoms with E-state index in [9.17, 15) is 19.2 Å². The van der Waals surface area contributed by atoms with Crippen LogP contribution >= 0.6 is 35.3 Å². The fraction of sp³-hybridized carbons (Fsp3) is 0.300. The Morgan fingerprint density at radius 3 is 1.22 bits per heavy atom. The fourth-order valence-electron chi connectivity index (χ4n) is 5.09. The van der Waals surface area contributed by atoms with Crippen molar-refractivity contribution in [2.24, 2.45) is 0 Å². The number of rotatable bonds is 19. The van der Waals surface area contributed by atoms with Gasteiger partial charge in [0.05, 0.1) is 32.1 Å². The molecule has 268 valence electrons. The lowest BCUT2D eigenvalue weighted by atomic mass is 10.0. The van der Waals surface area contributed by atoms with Crippen LogP contribution in [0.15, 0.2) is 121 Å². The average molecular weight is 747 g/mol. The summed E-state index contributed by atoms with van der Waals surface area (Å²) in [5, 5.41) is -0.450. The molecular weight excluding hydrogens is 705 g/mol. The van der Waals surface area contributed by atoms with Crippen LogP contribution in [0.5, 0.6) is 0 Å². The lowest BCUT2D eigenvalue weighted by Gasteiger charge is -2.38. The number of carbonyl (C=O) groups excluding carboxylic acids is 4. The number of carbonyl (C=O) groups is 4. The molecule has 4 atom stereocenters. The van der Waals surface area contributed by atoms with E-state index in [0.29, 0.717) is 11.3 Å². The number of esters is 4. The zero-order valence-corrected chi connectivity index (χ0v) is 31.2. The first kappa shape index (κ1) is 39.6. The van der Waals surface area contributed by atoms with Crippen LogP contribution in [0.2, 0.25) is 0 Å². The molecule has 0 bridgehead atoms. The Morgan fingerprint density at radius 2 is 0.824 bits per heavy atom. The van der Waals surface area contributed by atoms with Crippen molar-refractivity contribution in [2.75, 3.05) is 23.9 Å². The van der Waals surface area contributed by atoms with Gasteiger partial charge in [0.1, 0.15) is 6.61 Å². The summed E-state index contributed by atoms with van der Waals surface area (Å²) in [6.07, 6.45) is -3.93. The maximum atomic E-state index is 13.9. The van der Waals surface area contributed by atoms with Crippen LogP contribution in [-0.4, -0.2) is 75.9 Å². The molecule has 0 saturated heterocycles. The topological polar surface area (TPSA) is 105 Å². The first-order valence-electron chi connectivity index (χ1n) is 16.7. The van der Waals surface area contributed by atoms with Crippen molar-refractivity contribution in [2.45, 2.75) is 48.9 Å². The third-order valence-corrected chi connectivity index (χ3v) is 11.8. The second kappa shape index (κ2) is 21.2. The van der Waals surface area contributed by atoms with Gasteiger partial charge in [-0.15, -0.1) is 23.5 Å². The van der Waals surface area contributed by atoms with Crippen LogP contribution in [0.25, 0.3) is 0 Å².